The van der Waals surface area contributed by atoms with Gasteiger partial charge < -0.3 is 10.6 Å². The Hall–Kier alpha value is -4.13. The third-order valence-corrected chi connectivity index (χ3v) is 5.46. The molecular formula is C24H19N5O2. The monoisotopic (exact) mass is 409 g/mol. The van der Waals surface area contributed by atoms with E-state index in [1.165, 1.54) is 6.33 Å². The molecule has 152 valence electrons. The molecule has 0 spiro atoms. The molecule has 1 fully saturated rings. The number of carbonyl (C=O) groups is 2. The summed E-state index contributed by atoms with van der Waals surface area (Å²) in [5, 5.41) is 7.82. The standard InChI is InChI=1S/C24H19N5O2/c30-23(29-22-8-10-26-14-27-22)16-3-1-15(2-4-16)20-12-21(20)24(31)28-19-6-5-18-13-25-9-7-17(18)11-19/h1-11,13-14,20-21H,12H2,(H,28,31)(H,26,27,29,30)/t20?,21-/m1/s1. The number of amides is 2. The van der Waals surface area contributed by atoms with Crippen molar-refractivity contribution in [3.63, 3.8) is 0 Å². The fourth-order valence-corrected chi connectivity index (χ4v) is 3.68. The lowest BCUT2D eigenvalue weighted by atomic mass is 10.1. The van der Waals surface area contributed by atoms with Crippen molar-refractivity contribution in [1.29, 1.82) is 0 Å². The molecule has 1 saturated carbocycles. The molecule has 2 N–H and O–H groups in total. The molecule has 2 aromatic carbocycles. The highest BCUT2D eigenvalue weighted by Crippen LogP contribution is 2.48. The molecule has 5 rings (SSSR count). The number of hydrogen-bond donors (Lipinski definition) is 2. The molecule has 2 amide bonds. The average Bonchev–Trinajstić information content (AvgIpc) is 3.61. The molecule has 0 aliphatic heterocycles. The van der Waals surface area contributed by atoms with Gasteiger partial charge in [-0.3, -0.25) is 14.6 Å². The van der Waals surface area contributed by atoms with E-state index < -0.39 is 0 Å². The van der Waals surface area contributed by atoms with Gasteiger partial charge in [-0.2, -0.15) is 0 Å². The Balaban J connectivity index is 1.21. The minimum absolute atomic E-state index is 0.0176. The van der Waals surface area contributed by atoms with Crippen molar-refractivity contribution in [3.8, 4) is 0 Å². The molecule has 0 saturated heterocycles. The summed E-state index contributed by atoms with van der Waals surface area (Å²) >= 11 is 0. The maximum absolute atomic E-state index is 12.7. The molecule has 1 unspecified atom stereocenters. The number of nitrogens with zero attached hydrogens (tertiary/aromatic N) is 3. The summed E-state index contributed by atoms with van der Waals surface area (Å²) in [5.41, 5.74) is 2.38. The number of carbonyl (C=O) groups excluding carboxylic acids is 2. The zero-order valence-corrected chi connectivity index (χ0v) is 16.5. The van der Waals surface area contributed by atoms with Crippen molar-refractivity contribution in [2.45, 2.75) is 12.3 Å². The predicted octanol–water partition coefficient (Wildman–Crippen LogP) is 4.02. The fraction of sp³-hybridized carbons (Fsp3) is 0.125. The molecule has 31 heavy (non-hydrogen) atoms. The summed E-state index contributed by atoms with van der Waals surface area (Å²) in [6, 6.07) is 16.7. The second kappa shape index (κ2) is 7.95. The van der Waals surface area contributed by atoms with Crippen LogP contribution in [0.5, 0.6) is 0 Å². The summed E-state index contributed by atoms with van der Waals surface area (Å²) in [5.74, 6) is 0.344. The minimum Gasteiger partial charge on any atom is -0.326 e. The molecule has 7 heteroatoms. The first-order valence-electron chi connectivity index (χ1n) is 9.99. The van der Waals surface area contributed by atoms with Crippen molar-refractivity contribution in [3.05, 3.63) is 90.6 Å². The number of anilines is 2. The Bertz CT molecular complexity index is 1260. The van der Waals surface area contributed by atoms with Crippen LogP contribution in [0.4, 0.5) is 11.5 Å². The third kappa shape index (κ3) is 4.11. The molecule has 0 bridgehead atoms. The average molecular weight is 409 g/mol. The van der Waals surface area contributed by atoms with Crippen LogP contribution >= 0.6 is 0 Å². The Morgan fingerprint density at radius 3 is 2.52 bits per heavy atom. The molecule has 4 aromatic rings. The first-order chi connectivity index (χ1) is 15.2. The lowest BCUT2D eigenvalue weighted by Gasteiger charge is -2.07. The number of nitrogens with one attached hydrogen (secondary N) is 2. The highest BCUT2D eigenvalue weighted by molar-refractivity contribution is 6.03. The van der Waals surface area contributed by atoms with Gasteiger partial charge in [0.05, 0.1) is 0 Å². The van der Waals surface area contributed by atoms with Gasteiger partial charge in [-0.05, 0) is 59.7 Å². The second-order valence-corrected chi connectivity index (χ2v) is 7.55. The quantitative estimate of drug-likeness (QED) is 0.519. The lowest BCUT2D eigenvalue weighted by molar-refractivity contribution is -0.117. The lowest BCUT2D eigenvalue weighted by Crippen LogP contribution is -2.14. The molecular weight excluding hydrogens is 390 g/mol. The van der Waals surface area contributed by atoms with Gasteiger partial charge in [0, 0.05) is 41.1 Å². The first kappa shape index (κ1) is 18.9. The van der Waals surface area contributed by atoms with Gasteiger partial charge in [-0.15, -0.1) is 0 Å². The minimum atomic E-state index is -0.234. The van der Waals surface area contributed by atoms with Crippen LogP contribution in [-0.2, 0) is 4.79 Å². The van der Waals surface area contributed by atoms with E-state index in [-0.39, 0.29) is 23.7 Å². The maximum Gasteiger partial charge on any atom is 0.256 e. The topological polar surface area (TPSA) is 96.9 Å². The summed E-state index contributed by atoms with van der Waals surface area (Å²) in [4.78, 5) is 36.9. The smallest absolute Gasteiger partial charge is 0.256 e. The molecule has 2 heterocycles. The zero-order chi connectivity index (χ0) is 21.2. The number of hydrogen-bond acceptors (Lipinski definition) is 5. The van der Waals surface area contributed by atoms with Crippen LogP contribution in [0.2, 0.25) is 0 Å². The van der Waals surface area contributed by atoms with Gasteiger partial charge in [0.25, 0.3) is 5.91 Å². The van der Waals surface area contributed by atoms with Crippen LogP contribution in [0.25, 0.3) is 10.8 Å². The number of fused-ring (bicyclic) bond motifs is 1. The SMILES string of the molecule is O=C(Nc1ccncn1)c1ccc(C2C[C@H]2C(=O)Nc2ccc3cnccc3c2)cc1. The molecule has 0 radical (unpaired) electrons. The van der Waals surface area contributed by atoms with Gasteiger partial charge in [-0.25, -0.2) is 9.97 Å². The maximum atomic E-state index is 12.7. The van der Waals surface area contributed by atoms with Gasteiger partial charge in [0.2, 0.25) is 5.91 Å². The van der Waals surface area contributed by atoms with E-state index in [1.54, 1.807) is 36.8 Å². The Morgan fingerprint density at radius 2 is 1.71 bits per heavy atom. The first-order valence-corrected chi connectivity index (χ1v) is 9.99. The number of rotatable bonds is 5. The highest BCUT2D eigenvalue weighted by Gasteiger charge is 2.43. The van der Waals surface area contributed by atoms with Crippen molar-refractivity contribution >= 4 is 34.1 Å². The third-order valence-electron chi connectivity index (χ3n) is 5.46. The van der Waals surface area contributed by atoms with Crippen LogP contribution in [0.15, 0.2) is 79.5 Å². The number of aromatic nitrogens is 3. The molecule has 1 aliphatic rings. The fourth-order valence-electron chi connectivity index (χ4n) is 3.68. The Morgan fingerprint density at radius 1 is 0.871 bits per heavy atom. The summed E-state index contributed by atoms with van der Waals surface area (Å²) in [6.07, 6.45) is 7.29. The highest BCUT2D eigenvalue weighted by atomic mass is 16.2. The molecule has 1 aliphatic carbocycles. The Kier molecular flexibility index (Phi) is 4.84. The van der Waals surface area contributed by atoms with Crippen LogP contribution in [0, 0.1) is 5.92 Å². The van der Waals surface area contributed by atoms with Crippen molar-refractivity contribution in [2.75, 3.05) is 10.6 Å². The van der Waals surface area contributed by atoms with E-state index in [0.29, 0.717) is 11.4 Å². The molecule has 7 nitrogen and oxygen atoms in total. The van der Waals surface area contributed by atoms with E-state index >= 15 is 0 Å². The van der Waals surface area contributed by atoms with E-state index in [4.69, 9.17) is 0 Å². The molecule has 2 aromatic heterocycles. The van der Waals surface area contributed by atoms with Crippen molar-refractivity contribution in [2.24, 2.45) is 5.92 Å². The molecule has 2 atom stereocenters. The van der Waals surface area contributed by atoms with E-state index in [1.807, 2.05) is 36.4 Å². The number of benzene rings is 2. The van der Waals surface area contributed by atoms with Crippen LogP contribution in [0.1, 0.15) is 28.3 Å². The normalized spacial score (nSPS) is 17.2. The van der Waals surface area contributed by atoms with E-state index in [9.17, 15) is 9.59 Å². The Labute approximate surface area is 178 Å². The van der Waals surface area contributed by atoms with Crippen LogP contribution in [0.3, 0.4) is 0 Å². The van der Waals surface area contributed by atoms with E-state index in [0.717, 1.165) is 28.4 Å². The summed E-state index contributed by atoms with van der Waals surface area (Å²) < 4.78 is 0. The summed E-state index contributed by atoms with van der Waals surface area (Å²) in [6.45, 7) is 0. The van der Waals surface area contributed by atoms with Gasteiger partial charge in [0.1, 0.15) is 12.1 Å². The number of pyridine rings is 1. The van der Waals surface area contributed by atoms with Gasteiger partial charge in [0.15, 0.2) is 0 Å². The van der Waals surface area contributed by atoms with E-state index in [2.05, 4.69) is 25.6 Å². The van der Waals surface area contributed by atoms with Gasteiger partial charge >= 0.3 is 0 Å². The van der Waals surface area contributed by atoms with Gasteiger partial charge in [-0.1, -0.05) is 18.2 Å². The van der Waals surface area contributed by atoms with Crippen molar-refractivity contribution < 1.29 is 9.59 Å². The largest absolute Gasteiger partial charge is 0.326 e. The summed E-state index contributed by atoms with van der Waals surface area (Å²) in [7, 11) is 0. The zero-order valence-electron chi connectivity index (χ0n) is 16.5. The second-order valence-electron chi connectivity index (χ2n) is 7.55. The predicted molar refractivity (Wildman–Crippen MR) is 118 cm³/mol. The van der Waals surface area contributed by atoms with Crippen LogP contribution < -0.4 is 10.6 Å². The van der Waals surface area contributed by atoms with Crippen molar-refractivity contribution in [1.82, 2.24) is 15.0 Å². The van der Waals surface area contributed by atoms with Crippen LogP contribution in [-0.4, -0.2) is 26.8 Å².